The van der Waals surface area contributed by atoms with Gasteiger partial charge in [-0.3, -0.25) is 0 Å². The average molecular weight is 229 g/mol. The normalized spacial score (nSPS) is 14.6. The number of halogens is 1. The second kappa shape index (κ2) is 2.79. The molecule has 0 N–H and O–H groups in total. The smallest absolute Gasteiger partial charge is 0.429 e. The Morgan fingerprint density at radius 2 is 2.25 bits per heavy atom. The molecule has 0 radical (unpaired) electrons. The van der Waals surface area contributed by atoms with Crippen molar-refractivity contribution in [3.05, 3.63) is 28.2 Å². The van der Waals surface area contributed by atoms with Crippen LogP contribution in [0.4, 0.5) is 4.79 Å². The lowest BCUT2D eigenvalue weighted by Crippen LogP contribution is -2.17. The first-order valence-corrected chi connectivity index (χ1v) is 4.18. The van der Waals surface area contributed by atoms with E-state index < -0.39 is 6.16 Å². The molecule has 0 aliphatic carbocycles. The Bertz CT molecular complexity index is 335. The summed E-state index contributed by atoms with van der Waals surface area (Å²) in [5.74, 6) is 0.564. The maximum absolute atomic E-state index is 10.7. The van der Waals surface area contributed by atoms with Gasteiger partial charge in [-0.1, -0.05) is 12.1 Å². The molecule has 0 spiro atoms. The second-order valence-electron chi connectivity index (χ2n) is 2.37. The number of ether oxygens (including phenoxy) is 2. The van der Waals surface area contributed by atoms with Crippen LogP contribution < -0.4 is 4.74 Å². The van der Waals surface area contributed by atoms with Crippen LogP contribution in [0.2, 0.25) is 0 Å². The van der Waals surface area contributed by atoms with Crippen molar-refractivity contribution < 1.29 is 14.3 Å². The van der Waals surface area contributed by atoms with Crippen molar-refractivity contribution in [1.82, 2.24) is 0 Å². The van der Waals surface area contributed by atoms with Crippen LogP contribution in [0.3, 0.4) is 0 Å². The Kier molecular flexibility index (Phi) is 1.77. The number of rotatable bonds is 0. The number of benzene rings is 1. The summed E-state index contributed by atoms with van der Waals surface area (Å²) in [5.41, 5.74) is 0.879. The van der Waals surface area contributed by atoms with Crippen LogP contribution in [0, 0.1) is 0 Å². The lowest BCUT2D eigenvalue weighted by Gasteiger charge is -2.16. The van der Waals surface area contributed by atoms with E-state index in [9.17, 15) is 4.79 Å². The topological polar surface area (TPSA) is 35.5 Å². The van der Waals surface area contributed by atoms with Gasteiger partial charge in [0.15, 0.2) is 5.75 Å². The molecule has 12 heavy (non-hydrogen) atoms. The Labute approximate surface area is 77.4 Å². The van der Waals surface area contributed by atoms with Crippen molar-refractivity contribution in [2.75, 3.05) is 0 Å². The molecule has 1 aliphatic heterocycles. The molecule has 0 bridgehead atoms. The molecule has 1 aromatic carbocycles. The first-order chi connectivity index (χ1) is 5.77. The molecule has 4 heteroatoms. The van der Waals surface area contributed by atoms with Gasteiger partial charge in [0.05, 0.1) is 4.47 Å². The zero-order valence-corrected chi connectivity index (χ0v) is 7.63. The monoisotopic (exact) mass is 228 g/mol. The summed E-state index contributed by atoms with van der Waals surface area (Å²) in [5, 5.41) is 0. The van der Waals surface area contributed by atoms with E-state index in [1.165, 1.54) is 0 Å². The van der Waals surface area contributed by atoms with Crippen LogP contribution in [0.15, 0.2) is 22.7 Å². The Morgan fingerprint density at radius 1 is 1.42 bits per heavy atom. The molecule has 0 atom stereocenters. The minimum atomic E-state index is -0.644. The number of hydrogen-bond donors (Lipinski definition) is 0. The molecule has 0 amide bonds. The minimum absolute atomic E-state index is 0.285. The van der Waals surface area contributed by atoms with Crippen molar-refractivity contribution in [1.29, 1.82) is 0 Å². The van der Waals surface area contributed by atoms with Crippen LogP contribution in [-0.2, 0) is 11.3 Å². The molecule has 1 aliphatic rings. The van der Waals surface area contributed by atoms with Crippen LogP contribution >= 0.6 is 15.9 Å². The predicted molar refractivity (Wildman–Crippen MR) is 45.0 cm³/mol. The fourth-order valence-corrected chi connectivity index (χ4v) is 1.52. The number of para-hydroxylation sites is 1. The highest BCUT2D eigenvalue weighted by atomic mass is 79.9. The van der Waals surface area contributed by atoms with Crippen molar-refractivity contribution in [3.63, 3.8) is 0 Å². The highest BCUT2D eigenvalue weighted by molar-refractivity contribution is 9.10. The van der Waals surface area contributed by atoms with Gasteiger partial charge < -0.3 is 9.47 Å². The Morgan fingerprint density at radius 3 is 3.08 bits per heavy atom. The first kappa shape index (κ1) is 7.61. The number of carbonyl (C=O) groups excluding carboxylic acids is 1. The van der Waals surface area contributed by atoms with E-state index in [1.807, 2.05) is 18.2 Å². The molecular formula is C8H5BrO3. The summed E-state index contributed by atoms with van der Waals surface area (Å²) in [4.78, 5) is 10.7. The van der Waals surface area contributed by atoms with Gasteiger partial charge >= 0.3 is 6.16 Å². The van der Waals surface area contributed by atoms with E-state index in [0.717, 1.165) is 10.0 Å². The third kappa shape index (κ3) is 1.18. The van der Waals surface area contributed by atoms with Gasteiger partial charge in [-0.2, -0.15) is 0 Å². The summed E-state index contributed by atoms with van der Waals surface area (Å²) >= 11 is 3.28. The summed E-state index contributed by atoms with van der Waals surface area (Å²) < 4.78 is 10.3. The molecule has 0 saturated heterocycles. The number of cyclic esters (lactones) is 1. The highest BCUT2D eigenvalue weighted by Gasteiger charge is 2.19. The van der Waals surface area contributed by atoms with Gasteiger partial charge in [0.2, 0.25) is 0 Å². The fourth-order valence-electron chi connectivity index (χ4n) is 1.03. The zero-order valence-electron chi connectivity index (χ0n) is 6.04. The van der Waals surface area contributed by atoms with Gasteiger partial charge in [0.1, 0.15) is 6.61 Å². The second-order valence-corrected chi connectivity index (χ2v) is 3.22. The largest absolute Gasteiger partial charge is 0.514 e. The van der Waals surface area contributed by atoms with Crippen molar-refractivity contribution in [2.45, 2.75) is 6.61 Å². The molecule has 0 fully saturated rings. The minimum Gasteiger partial charge on any atom is -0.429 e. The van der Waals surface area contributed by atoms with E-state index in [-0.39, 0.29) is 6.61 Å². The van der Waals surface area contributed by atoms with E-state index in [4.69, 9.17) is 4.74 Å². The van der Waals surface area contributed by atoms with Crippen LogP contribution in [-0.4, -0.2) is 6.16 Å². The maximum Gasteiger partial charge on any atom is 0.514 e. The maximum atomic E-state index is 10.7. The molecule has 62 valence electrons. The molecular weight excluding hydrogens is 224 g/mol. The quantitative estimate of drug-likeness (QED) is 0.506. The van der Waals surface area contributed by atoms with Gasteiger partial charge in [0.25, 0.3) is 0 Å². The SMILES string of the molecule is O=C1OCc2cccc(Br)c2O1. The number of fused-ring (bicyclic) bond motifs is 1. The lowest BCUT2D eigenvalue weighted by molar-refractivity contribution is 0.0781. The summed E-state index contributed by atoms with van der Waals surface area (Å²) in [6.45, 7) is 0.285. The zero-order chi connectivity index (χ0) is 8.55. The van der Waals surface area contributed by atoms with Gasteiger partial charge in [-0.05, 0) is 22.0 Å². The molecule has 1 aromatic rings. The van der Waals surface area contributed by atoms with Crippen molar-refractivity contribution >= 4 is 22.1 Å². The summed E-state index contributed by atoms with van der Waals surface area (Å²) in [6.07, 6.45) is -0.644. The number of hydrogen-bond acceptors (Lipinski definition) is 3. The van der Waals surface area contributed by atoms with Crippen LogP contribution in [0.5, 0.6) is 5.75 Å². The third-order valence-corrected chi connectivity index (χ3v) is 2.20. The molecule has 0 aromatic heterocycles. The van der Waals surface area contributed by atoms with Crippen LogP contribution in [0.1, 0.15) is 5.56 Å². The molecule has 0 unspecified atom stereocenters. The summed E-state index contributed by atoms with van der Waals surface area (Å²) in [7, 11) is 0. The highest BCUT2D eigenvalue weighted by Crippen LogP contribution is 2.32. The van der Waals surface area contributed by atoms with Crippen LogP contribution in [0.25, 0.3) is 0 Å². The van der Waals surface area contributed by atoms with Crippen molar-refractivity contribution in [2.24, 2.45) is 0 Å². The van der Waals surface area contributed by atoms with Crippen molar-refractivity contribution in [3.8, 4) is 5.75 Å². The van der Waals surface area contributed by atoms with E-state index in [1.54, 1.807) is 0 Å². The molecule has 0 saturated carbocycles. The average Bonchev–Trinajstić information content (AvgIpc) is 2.07. The standard InChI is InChI=1S/C8H5BrO3/c9-6-3-1-2-5-4-11-8(10)12-7(5)6/h1-3H,4H2. The van der Waals surface area contributed by atoms with E-state index in [0.29, 0.717) is 5.75 Å². The molecule has 1 heterocycles. The van der Waals surface area contributed by atoms with E-state index in [2.05, 4.69) is 20.7 Å². The third-order valence-electron chi connectivity index (χ3n) is 1.58. The summed E-state index contributed by atoms with van der Waals surface area (Å²) in [6, 6.07) is 5.54. The fraction of sp³-hybridized carbons (Fsp3) is 0.125. The molecule has 3 nitrogen and oxygen atoms in total. The number of carbonyl (C=O) groups is 1. The lowest BCUT2D eigenvalue weighted by atomic mass is 10.2. The Balaban J connectivity index is 2.50. The van der Waals surface area contributed by atoms with Gasteiger partial charge in [-0.25, -0.2) is 4.79 Å². The first-order valence-electron chi connectivity index (χ1n) is 3.39. The van der Waals surface area contributed by atoms with Gasteiger partial charge in [-0.15, -0.1) is 0 Å². The Hall–Kier alpha value is -1.03. The van der Waals surface area contributed by atoms with Gasteiger partial charge in [0, 0.05) is 5.56 Å². The molecule has 2 rings (SSSR count). The predicted octanol–water partition coefficient (Wildman–Crippen LogP) is 2.48. The van der Waals surface area contributed by atoms with E-state index >= 15 is 0 Å².